The van der Waals surface area contributed by atoms with E-state index < -0.39 is 0 Å². The van der Waals surface area contributed by atoms with Gasteiger partial charge in [-0.3, -0.25) is 9.78 Å². The van der Waals surface area contributed by atoms with Crippen LogP contribution in [-0.2, 0) is 0 Å². The SMILES string of the molecule is O=C(NC1CC(CO)C1)c1cncc(-c2ccc(Cl)cc2)c1. The third kappa shape index (κ3) is 3.29. The van der Waals surface area contributed by atoms with Gasteiger partial charge in [0.1, 0.15) is 0 Å². The van der Waals surface area contributed by atoms with Crippen molar-refractivity contribution < 1.29 is 9.90 Å². The summed E-state index contributed by atoms with van der Waals surface area (Å²) in [5.74, 6) is 0.202. The number of pyridine rings is 1. The number of aliphatic hydroxyl groups is 1. The van der Waals surface area contributed by atoms with Crippen molar-refractivity contribution in [1.29, 1.82) is 0 Å². The molecule has 1 aliphatic carbocycles. The molecule has 0 unspecified atom stereocenters. The van der Waals surface area contributed by atoms with Gasteiger partial charge in [-0.15, -0.1) is 0 Å². The molecule has 0 aliphatic heterocycles. The first-order chi connectivity index (χ1) is 10.7. The number of aromatic nitrogens is 1. The van der Waals surface area contributed by atoms with E-state index in [1.807, 2.05) is 30.3 Å². The largest absolute Gasteiger partial charge is 0.396 e. The van der Waals surface area contributed by atoms with Crippen molar-refractivity contribution in [2.24, 2.45) is 5.92 Å². The molecule has 4 nitrogen and oxygen atoms in total. The average Bonchev–Trinajstić information content (AvgIpc) is 2.51. The molecule has 1 aliphatic rings. The van der Waals surface area contributed by atoms with Crippen molar-refractivity contribution in [3.8, 4) is 11.1 Å². The van der Waals surface area contributed by atoms with E-state index in [0.29, 0.717) is 16.5 Å². The van der Waals surface area contributed by atoms with E-state index in [2.05, 4.69) is 10.3 Å². The normalized spacial score (nSPS) is 20.3. The van der Waals surface area contributed by atoms with Gasteiger partial charge < -0.3 is 10.4 Å². The van der Waals surface area contributed by atoms with Gasteiger partial charge >= 0.3 is 0 Å². The van der Waals surface area contributed by atoms with E-state index in [1.54, 1.807) is 12.4 Å². The smallest absolute Gasteiger partial charge is 0.253 e. The highest BCUT2D eigenvalue weighted by molar-refractivity contribution is 6.30. The summed E-state index contributed by atoms with van der Waals surface area (Å²) in [6.07, 6.45) is 4.97. The Kier molecular flexibility index (Phi) is 4.41. The molecule has 2 N–H and O–H groups in total. The molecule has 1 amide bonds. The zero-order chi connectivity index (χ0) is 15.5. The molecule has 0 saturated heterocycles. The second kappa shape index (κ2) is 6.46. The van der Waals surface area contributed by atoms with Crippen LogP contribution in [0.1, 0.15) is 23.2 Å². The van der Waals surface area contributed by atoms with Crippen molar-refractivity contribution in [3.05, 3.63) is 53.3 Å². The molecule has 0 atom stereocenters. The number of benzene rings is 1. The first-order valence-electron chi connectivity index (χ1n) is 7.28. The van der Waals surface area contributed by atoms with Crippen LogP contribution >= 0.6 is 11.6 Å². The van der Waals surface area contributed by atoms with E-state index in [9.17, 15) is 4.79 Å². The fraction of sp³-hybridized carbons (Fsp3) is 0.294. The second-order valence-electron chi connectivity index (χ2n) is 5.66. The highest BCUT2D eigenvalue weighted by Gasteiger charge is 2.29. The molecule has 0 radical (unpaired) electrons. The van der Waals surface area contributed by atoms with E-state index in [4.69, 9.17) is 16.7 Å². The van der Waals surface area contributed by atoms with E-state index in [1.165, 1.54) is 0 Å². The van der Waals surface area contributed by atoms with Crippen LogP contribution in [0, 0.1) is 5.92 Å². The molecular formula is C17H17ClN2O2. The minimum Gasteiger partial charge on any atom is -0.396 e. The molecule has 1 fully saturated rings. The lowest BCUT2D eigenvalue weighted by atomic mass is 9.81. The first-order valence-corrected chi connectivity index (χ1v) is 7.66. The van der Waals surface area contributed by atoms with Crippen LogP contribution in [0.4, 0.5) is 0 Å². The van der Waals surface area contributed by atoms with Crippen LogP contribution in [0.15, 0.2) is 42.7 Å². The quantitative estimate of drug-likeness (QED) is 0.911. The van der Waals surface area contributed by atoms with Gasteiger partial charge in [-0.1, -0.05) is 23.7 Å². The zero-order valence-corrected chi connectivity index (χ0v) is 12.8. The van der Waals surface area contributed by atoms with E-state index >= 15 is 0 Å². The topological polar surface area (TPSA) is 62.2 Å². The first kappa shape index (κ1) is 15.0. The monoisotopic (exact) mass is 316 g/mol. The average molecular weight is 317 g/mol. The number of amides is 1. The zero-order valence-electron chi connectivity index (χ0n) is 12.0. The highest BCUT2D eigenvalue weighted by atomic mass is 35.5. The van der Waals surface area contributed by atoms with Gasteiger partial charge in [0.25, 0.3) is 5.91 Å². The number of nitrogens with one attached hydrogen (secondary N) is 1. The van der Waals surface area contributed by atoms with E-state index in [0.717, 1.165) is 24.0 Å². The molecule has 1 aromatic carbocycles. The van der Waals surface area contributed by atoms with Gasteiger partial charge in [0.2, 0.25) is 0 Å². The molecule has 114 valence electrons. The summed E-state index contributed by atoms with van der Waals surface area (Å²) in [7, 11) is 0. The number of halogens is 1. The Bertz CT molecular complexity index is 667. The molecule has 22 heavy (non-hydrogen) atoms. The summed E-state index contributed by atoms with van der Waals surface area (Å²) in [5.41, 5.74) is 2.39. The maximum atomic E-state index is 12.2. The molecule has 1 saturated carbocycles. The van der Waals surface area contributed by atoms with Gasteiger partial charge in [-0.2, -0.15) is 0 Å². The van der Waals surface area contributed by atoms with Gasteiger partial charge in [-0.25, -0.2) is 0 Å². The Morgan fingerprint density at radius 3 is 2.64 bits per heavy atom. The predicted molar refractivity (Wildman–Crippen MR) is 85.7 cm³/mol. The van der Waals surface area contributed by atoms with Crippen LogP contribution in [0.3, 0.4) is 0 Å². The number of carbonyl (C=O) groups is 1. The summed E-state index contributed by atoms with van der Waals surface area (Å²) >= 11 is 5.89. The lowest BCUT2D eigenvalue weighted by molar-refractivity contribution is 0.0832. The Hall–Kier alpha value is -1.91. The van der Waals surface area contributed by atoms with E-state index in [-0.39, 0.29) is 18.6 Å². The fourth-order valence-corrected chi connectivity index (χ4v) is 2.76. The molecule has 1 aromatic heterocycles. The summed E-state index contributed by atoms with van der Waals surface area (Å²) in [4.78, 5) is 16.4. The Morgan fingerprint density at radius 1 is 1.23 bits per heavy atom. The van der Waals surface area contributed by atoms with Crippen LogP contribution in [0.5, 0.6) is 0 Å². The number of nitrogens with zero attached hydrogens (tertiary/aromatic N) is 1. The van der Waals surface area contributed by atoms with Crippen LogP contribution in [0.2, 0.25) is 5.02 Å². The number of carbonyl (C=O) groups excluding carboxylic acids is 1. The summed E-state index contributed by atoms with van der Waals surface area (Å²) < 4.78 is 0. The standard InChI is InChI=1S/C17H17ClN2O2/c18-15-3-1-12(2-4-15)13-7-14(9-19-8-13)17(22)20-16-5-11(6-16)10-21/h1-4,7-9,11,16,21H,5-6,10H2,(H,20,22). The van der Waals surface area contributed by atoms with Crippen molar-refractivity contribution >= 4 is 17.5 Å². The van der Waals surface area contributed by atoms with Crippen molar-refractivity contribution in [3.63, 3.8) is 0 Å². The van der Waals surface area contributed by atoms with Crippen molar-refractivity contribution in [2.75, 3.05) is 6.61 Å². The molecule has 2 aromatic rings. The second-order valence-corrected chi connectivity index (χ2v) is 6.10. The summed E-state index contributed by atoms with van der Waals surface area (Å²) in [6.45, 7) is 0.194. The third-order valence-corrected chi connectivity index (χ3v) is 4.26. The fourth-order valence-electron chi connectivity index (χ4n) is 2.64. The van der Waals surface area contributed by atoms with Crippen LogP contribution in [0.25, 0.3) is 11.1 Å². The third-order valence-electron chi connectivity index (χ3n) is 4.01. The Labute approximate surface area is 134 Å². The molecule has 5 heteroatoms. The Balaban J connectivity index is 1.71. The maximum Gasteiger partial charge on any atom is 0.253 e. The van der Waals surface area contributed by atoms with Crippen molar-refractivity contribution in [1.82, 2.24) is 10.3 Å². The number of aliphatic hydroxyl groups excluding tert-OH is 1. The van der Waals surface area contributed by atoms with Crippen LogP contribution in [-0.4, -0.2) is 28.6 Å². The lowest BCUT2D eigenvalue weighted by Gasteiger charge is -2.34. The maximum absolute atomic E-state index is 12.2. The summed E-state index contributed by atoms with van der Waals surface area (Å²) in [6, 6.07) is 9.41. The van der Waals surface area contributed by atoms with Gasteiger partial charge in [0, 0.05) is 35.6 Å². The Morgan fingerprint density at radius 2 is 1.95 bits per heavy atom. The minimum atomic E-state index is -0.121. The van der Waals surface area contributed by atoms with Crippen LogP contribution < -0.4 is 5.32 Å². The summed E-state index contributed by atoms with van der Waals surface area (Å²) in [5, 5.41) is 12.7. The van der Waals surface area contributed by atoms with Gasteiger partial charge in [0.05, 0.1) is 5.56 Å². The highest BCUT2D eigenvalue weighted by Crippen LogP contribution is 2.27. The number of hydrogen-bond donors (Lipinski definition) is 2. The molecule has 0 spiro atoms. The molecular weight excluding hydrogens is 300 g/mol. The predicted octanol–water partition coefficient (Wildman–Crippen LogP) is 2.90. The lowest BCUT2D eigenvalue weighted by Crippen LogP contribution is -2.45. The molecule has 0 bridgehead atoms. The molecule has 3 rings (SSSR count). The number of rotatable bonds is 4. The van der Waals surface area contributed by atoms with Gasteiger partial charge in [-0.05, 0) is 42.5 Å². The molecule has 1 heterocycles. The minimum absolute atomic E-state index is 0.121. The van der Waals surface area contributed by atoms with Crippen molar-refractivity contribution in [2.45, 2.75) is 18.9 Å². The van der Waals surface area contributed by atoms with Gasteiger partial charge in [0.15, 0.2) is 0 Å². The number of hydrogen-bond acceptors (Lipinski definition) is 3.